The molecule has 0 aliphatic heterocycles. The van der Waals surface area contributed by atoms with Gasteiger partial charge in [0.15, 0.2) is 5.82 Å². The molecule has 0 radical (unpaired) electrons. The maximum atomic E-state index is 6.20. The SMILES string of the molecule is CCC(N)(CC)c1nc(CC(C)(C)C)no1. The molecule has 0 saturated carbocycles. The van der Waals surface area contributed by atoms with Crippen LogP contribution < -0.4 is 5.73 Å². The first-order chi connectivity index (χ1) is 7.30. The zero-order valence-corrected chi connectivity index (χ0v) is 11.0. The van der Waals surface area contributed by atoms with Crippen LogP contribution >= 0.6 is 0 Å². The molecule has 0 fully saturated rings. The zero-order valence-electron chi connectivity index (χ0n) is 11.0. The second-order valence-electron chi connectivity index (χ2n) is 5.62. The highest BCUT2D eigenvalue weighted by Crippen LogP contribution is 2.25. The fraction of sp³-hybridized carbons (Fsp3) is 0.833. The van der Waals surface area contributed by atoms with E-state index in [1.165, 1.54) is 0 Å². The molecule has 4 heteroatoms. The molecule has 0 amide bonds. The summed E-state index contributed by atoms with van der Waals surface area (Å²) in [6, 6.07) is 0. The first kappa shape index (κ1) is 13.2. The van der Waals surface area contributed by atoms with Gasteiger partial charge in [0.1, 0.15) is 0 Å². The highest BCUT2D eigenvalue weighted by molar-refractivity contribution is 5.02. The quantitative estimate of drug-likeness (QED) is 0.855. The Labute approximate surface area is 97.6 Å². The van der Waals surface area contributed by atoms with Crippen molar-refractivity contribution in [1.82, 2.24) is 10.1 Å². The molecule has 0 saturated heterocycles. The second kappa shape index (κ2) is 4.53. The van der Waals surface area contributed by atoms with Gasteiger partial charge in [-0.1, -0.05) is 39.8 Å². The summed E-state index contributed by atoms with van der Waals surface area (Å²) in [4.78, 5) is 4.41. The van der Waals surface area contributed by atoms with E-state index in [2.05, 4.69) is 30.9 Å². The molecule has 1 heterocycles. The lowest BCUT2D eigenvalue weighted by molar-refractivity contribution is 0.265. The molecule has 1 aromatic rings. The van der Waals surface area contributed by atoms with E-state index in [1.54, 1.807) is 0 Å². The van der Waals surface area contributed by atoms with E-state index in [-0.39, 0.29) is 5.41 Å². The van der Waals surface area contributed by atoms with Crippen LogP contribution in [0.1, 0.15) is 59.2 Å². The monoisotopic (exact) mass is 225 g/mol. The molecule has 0 aliphatic rings. The van der Waals surface area contributed by atoms with Crippen LogP contribution in [-0.2, 0) is 12.0 Å². The van der Waals surface area contributed by atoms with Crippen LogP contribution in [-0.4, -0.2) is 10.1 Å². The predicted molar refractivity (Wildman–Crippen MR) is 63.9 cm³/mol. The van der Waals surface area contributed by atoms with Crippen LogP contribution in [0.25, 0.3) is 0 Å². The molecule has 0 aromatic carbocycles. The Kier molecular flexibility index (Phi) is 3.73. The third-order valence-corrected chi connectivity index (χ3v) is 2.84. The molecular formula is C12H23N3O. The van der Waals surface area contributed by atoms with Crippen molar-refractivity contribution >= 4 is 0 Å². The zero-order chi connectivity index (χ0) is 12.4. The summed E-state index contributed by atoms with van der Waals surface area (Å²) in [5, 5.41) is 4.00. The average Bonchev–Trinajstić information content (AvgIpc) is 2.63. The Morgan fingerprint density at radius 1 is 1.19 bits per heavy atom. The highest BCUT2D eigenvalue weighted by Gasteiger charge is 2.30. The van der Waals surface area contributed by atoms with Gasteiger partial charge in [-0.15, -0.1) is 0 Å². The van der Waals surface area contributed by atoms with Crippen LogP contribution in [0.4, 0.5) is 0 Å². The summed E-state index contributed by atoms with van der Waals surface area (Å²) < 4.78 is 5.27. The van der Waals surface area contributed by atoms with E-state index in [4.69, 9.17) is 10.3 Å². The number of rotatable bonds is 4. The lowest BCUT2D eigenvalue weighted by Crippen LogP contribution is -2.35. The van der Waals surface area contributed by atoms with Gasteiger partial charge < -0.3 is 10.3 Å². The number of hydrogen-bond acceptors (Lipinski definition) is 4. The first-order valence-corrected chi connectivity index (χ1v) is 5.92. The van der Waals surface area contributed by atoms with Gasteiger partial charge in [0.25, 0.3) is 0 Å². The molecule has 0 unspecified atom stereocenters. The molecule has 92 valence electrons. The topological polar surface area (TPSA) is 64.9 Å². The van der Waals surface area contributed by atoms with Gasteiger partial charge in [0, 0.05) is 6.42 Å². The summed E-state index contributed by atoms with van der Waals surface area (Å²) in [5.41, 5.74) is 5.89. The lowest BCUT2D eigenvalue weighted by atomic mass is 9.91. The van der Waals surface area contributed by atoms with Crippen LogP contribution in [0.2, 0.25) is 0 Å². The first-order valence-electron chi connectivity index (χ1n) is 5.92. The number of nitrogens with zero attached hydrogens (tertiary/aromatic N) is 2. The smallest absolute Gasteiger partial charge is 0.246 e. The van der Waals surface area contributed by atoms with Gasteiger partial charge in [0.2, 0.25) is 5.89 Å². The Bertz CT molecular complexity index is 334. The van der Waals surface area contributed by atoms with Gasteiger partial charge in [-0.2, -0.15) is 4.98 Å². The second-order valence-corrected chi connectivity index (χ2v) is 5.62. The molecule has 2 N–H and O–H groups in total. The minimum Gasteiger partial charge on any atom is -0.337 e. The van der Waals surface area contributed by atoms with Crippen LogP contribution in [0.15, 0.2) is 4.52 Å². The maximum absolute atomic E-state index is 6.20. The molecule has 16 heavy (non-hydrogen) atoms. The Hall–Kier alpha value is -0.900. The minimum absolute atomic E-state index is 0.164. The largest absolute Gasteiger partial charge is 0.337 e. The van der Waals surface area contributed by atoms with Crippen LogP contribution in [0.5, 0.6) is 0 Å². The molecule has 0 atom stereocenters. The van der Waals surface area contributed by atoms with Crippen molar-refractivity contribution in [2.45, 2.75) is 59.4 Å². The molecule has 0 bridgehead atoms. The van der Waals surface area contributed by atoms with Crippen molar-refractivity contribution in [2.75, 3.05) is 0 Å². The summed E-state index contributed by atoms with van der Waals surface area (Å²) >= 11 is 0. The maximum Gasteiger partial charge on any atom is 0.246 e. The third kappa shape index (κ3) is 3.04. The van der Waals surface area contributed by atoms with E-state index >= 15 is 0 Å². The summed E-state index contributed by atoms with van der Waals surface area (Å²) in [7, 11) is 0. The van der Waals surface area contributed by atoms with Gasteiger partial charge in [-0.05, 0) is 18.3 Å². The predicted octanol–water partition coefficient (Wildman–Crippen LogP) is 2.63. The van der Waals surface area contributed by atoms with Crippen LogP contribution in [0, 0.1) is 5.41 Å². The highest BCUT2D eigenvalue weighted by atomic mass is 16.5. The number of hydrogen-bond donors (Lipinski definition) is 1. The normalized spacial score (nSPS) is 13.1. The molecule has 0 aliphatic carbocycles. The van der Waals surface area contributed by atoms with Crippen molar-refractivity contribution in [2.24, 2.45) is 11.1 Å². The summed E-state index contributed by atoms with van der Waals surface area (Å²) in [6.45, 7) is 10.5. The Morgan fingerprint density at radius 3 is 2.19 bits per heavy atom. The molecular weight excluding hydrogens is 202 g/mol. The van der Waals surface area contributed by atoms with Crippen molar-refractivity contribution in [3.05, 3.63) is 11.7 Å². The van der Waals surface area contributed by atoms with Gasteiger partial charge in [-0.3, -0.25) is 0 Å². The van der Waals surface area contributed by atoms with Gasteiger partial charge >= 0.3 is 0 Å². The standard InChI is InChI=1S/C12H23N3O/c1-6-12(13,7-2)10-14-9(15-16-10)8-11(3,4)5/h6-8,13H2,1-5H3. The molecule has 1 rings (SSSR count). The Morgan fingerprint density at radius 2 is 1.75 bits per heavy atom. The molecule has 0 spiro atoms. The molecule has 1 aromatic heterocycles. The van der Waals surface area contributed by atoms with Crippen molar-refractivity contribution in [1.29, 1.82) is 0 Å². The molecule has 4 nitrogen and oxygen atoms in total. The number of nitrogens with two attached hydrogens (primary N) is 1. The van der Waals surface area contributed by atoms with Crippen LogP contribution in [0.3, 0.4) is 0 Å². The Balaban J connectivity index is 2.86. The minimum atomic E-state index is -0.469. The van der Waals surface area contributed by atoms with E-state index < -0.39 is 5.54 Å². The average molecular weight is 225 g/mol. The van der Waals surface area contributed by atoms with E-state index in [0.717, 1.165) is 25.1 Å². The van der Waals surface area contributed by atoms with Gasteiger partial charge in [0.05, 0.1) is 5.54 Å². The fourth-order valence-corrected chi connectivity index (χ4v) is 1.55. The van der Waals surface area contributed by atoms with E-state index in [9.17, 15) is 0 Å². The van der Waals surface area contributed by atoms with E-state index in [0.29, 0.717) is 5.89 Å². The van der Waals surface area contributed by atoms with Crippen molar-refractivity contribution in [3.8, 4) is 0 Å². The third-order valence-electron chi connectivity index (χ3n) is 2.84. The van der Waals surface area contributed by atoms with E-state index in [1.807, 2.05) is 13.8 Å². The fourth-order valence-electron chi connectivity index (χ4n) is 1.55. The number of aromatic nitrogens is 2. The van der Waals surface area contributed by atoms with Crippen molar-refractivity contribution < 1.29 is 4.52 Å². The lowest BCUT2D eigenvalue weighted by Gasteiger charge is -2.21. The van der Waals surface area contributed by atoms with Crippen molar-refractivity contribution in [3.63, 3.8) is 0 Å². The summed E-state index contributed by atoms with van der Waals surface area (Å²) in [6.07, 6.45) is 2.42. The van der Waals surface area contributed by atoms with Gasteiger partial charge in [-0.25, -0.2) is 0 Å². The summed E-state index contributed by atoms with van der Waals surface area (Å²) in [5.74, 6) is 1.32.